The molecule has 0 radical (unpaired) electrons. The molecule has 1 heterocycles. The molecule has 0 bridgehead atoms. The monoisotopic (exact) mass is 252 g/mol. The van der Waals surface area contributed by atoms with Crippen molar-refractivity contribution in [3.05, 3.63) is 28.6 Å². The molecule has 1 aromatic heterocycles. The molecule has 1 N–H and O–H groups in total. The molecule has 3 nitrogen and oxygen atoms in total. The van der Waals surface area contributed by atoms with Gasteiger partial charge in [-0.2, -0.15) is 18.4 Å². The summed E-state index contributed by atoms with van der Waals surface area (Å²) in [7, 11) is 0. The van der Waals surface area contributed by atoms with Gasteiger partial charge in [0.2, 0.25) is 0 Å². The molecular weight excluding hydrogens is 247 g/mol. The number of alkyl halides is 5. The number of hydrogen-bond acceptors (Lipinski definition) is 3. The molecule has 0 saturated heterocycles. The van der Waals surface area contributed by atoms with Crippen molar-refractivity contribution in [3.63, 3.8) is 0 Å². The molecule has 0 spiro atoms. The van der Waals surface area contributed by atoms with Gasteiger partial charge >= 0.3 is 6.18 Å². The second-order valence-electron chi connectivity index (χ2n) is 2.98. The van der Waals surface area contributed by atoms with Gasteiger partial charge in [-0.15, -0.1) is 0 Å². The van der Waals surface area contributed by atoms with Crippen LogP contribution in [0.15, 0.2) is 6.20 Å². The van der Waals surface area contributed by atoms with Gasteiger partial charge in [0.25, 0.3) is 6.43 Å². The van der Waals surface area contributed by atoms with Crippen LogP contribution in [0.2, 0.25) is 0 Å². The van der Waals surface area contributed by atoms with E-state index in [0.717, 1.165) is 0 Å². The van der Waals surface area contributed by atoms with Gasteiger partial charge in [0.05, 0.1) is 17.7 Å². The number of halogens is 5. The average Bonchev–Trinajstić information content (AvgIpc) is 2.25. The zero-order chi connectivity index (χ0) is 13.2. The standard InChI is InChI=1S/C9H5F5N2O/c10-8(11)7-4(3-17)5(9(12,13)14)2-16-6(7)1-15/h2,8,17H,3H2. The Morgan fingerprint density at radius 1 is 1.41 bits per heavy atom. The topological polar surface area (TPSA) is 56.9 Å². The number of hydrogen-bond donors (Lipinski definition) is 1. The van der Waals surface area contributed by atoms with Crippen LogP contribution < -0.4 is 0 Å². The second-order valence-corrected chi connectivity index (χ2v) is 2.98. The normalized spacial score (nSPS) is 11.6. The Bertz CT molecular complexity index is 464. The second kappa shape index (κ2) is 4.63. The van der Waals surface area contributed by atoms with E-state index in [1.54, 1.807) is 0 Å². The predicted octanol–water partition coefficient (Wildman–Crippen LogP) is 2.40. The van der Waals surface area contributed by atoms with Gasteiger partial charge in [0, 0.05) is 11.8 Å². The van der Waals surface area contributed by atoms with Gasteiger partial charge in [-0.05, 0) is 0 Å². The number of nitriles is 1. The summed E-state index contributed by atoms with van der Waals surface area (Å²) in [4.78, 5) is 3.02. The lowest BCUT2D eigenvalue weighted by atomic mass is 10.0. The van der Waals surface area contributed by atoms with Crippen molar-refractivity contribution in [2.24, 2.45) is 0 Å². The molecule has 8 heteroatoms. The van der Waals surface area contributed by atoms with E-state index in [1.165, 1.54) is 6.07 Å². The number of nitrogens with zero attached hydrogens (tertiary/aromatic N) is 2. The molecule has 0 aromatic carbocycles. The maximum absolute atomic E-state index is 12.6. The van der Waals surface area contributed by atoms with Crippen LogP contribution in [0, 0.1) is 11.3 Å². The molecule has 0 amide bonds. The SMILES string of the molecule is N#Cc1ncc(C(F)(F)F)c(CO)c1C(F)F. The summed E-state index contributed by atoms with van der Waals surface area (Å²) in [5.41, 5.74) is -4.48. The highest BCUT2D eigenvalue weighted by atomic mass is 19.4. The van der Waals surface area contributed by atoms with Crippen molar-refractivity contribution in [2.45, 2.75) is 19.2 Å². The fraction of sp³-hybridized carbons (Fsp3) is 0.333. The number of aliphatic hydroxyl groups excluding tert-OH is 1. The molecular formula is C9H5F5N2O. The van der Waals surface area contributed by atoms with Crippen LogP contribution in [0.4, 0.5) is 22.0 Å². The zero-order valence-corrected chi connectivity index (χ0v) is 8.09. The van der Waals surface area contributed by atoms with Crippen molar-refractivity contribution in [1.82, 2.24) is 4.98 Å². The van der Waals surface area contributed by atoms with E-state index in [-0.39, 0.29) is 6.20 Å². The first-order valence-electron chi connectivity index (χ1n) is 4.21. The fourth-order valence-electron chi connectivity index (χ4n) is 1.30. The Kier molecular flexibility index (Phi) is 3.63. The van der Waals surface area contributed by atoms with Crippen LogP contribution in [0.1, 0.15) is 28.8 Å². The van der Waals surface area contributed by atoms with Crippen LogP contribution in [0.25, 0.3) is 0 Å². The van der Waals surface area contributed by atoms with Gasteiger partial charge in [0.1, 0.15) is 11.8 Å². The van der Waals surface area contributed by atoms with Gasteiger partial charge in [-0.25, -0.2) is 13.8 Å². The van der Waals surface area contributed by atoms with Gasteiger partial charge in [-0.3, -0.25) is 0 Å². The predicted molar refractivity (Wildman–Crippen MR) is 44.8 cm³/mol. The molecule has 0 aliphatic rings. The molecule has 0 fully saturated rings. The summed E-state index contributed by atoms with van der Waals surface area (Å²) < 4.78 is 62.4. The quantitative estimate of drug-likeness (QED) is 0.822. The van der Waals surface area contributed by atoms with E-state index < -0.39 is 41.6 Å². The highest BCUT2D eigenvalue weighted by molar-refractivity contribution is 5.43. The third-order valence-electron chi connectivity index (χ3n) is 2.02. The molecule has 1 aromatic rings. The summed E-state index contributed by atoms with van der Waals surface area (Å²) in [6.45, 7) is -1.24. The van der Waals surface area contributed by atoms with Gasteiger partial charge < -0.3 is 5.11 Å². The highest BCUT2D eigenvalue weighted by Crippen LogP contribution is 2.36. The average molecular weight is 252 g/mol. The number of aliphatic hydroxyl groups is 1. The van der Waals surface area contributed by atoms with Gasteiger partial charge in [0.15, 0.2) is 0 Å². The fourth-order valence-corrected chi connectivity index (χ4v) is 1.30. The largest absolute Gasteiger partial charge is 0.418 e. The third kappa shape index (κ3) is 2.50. The summed E-state index contributed by atoms with van der Waals surface area (Å²) in [5.74, 6) is 0. The summed E-state index contributed by atoms with van der Waals surface area (Å²) in [6.07, 6.45) is -7.97. The molecule has 0 aliphatic heterocycles. The first kappa shape index (κ1) is 13.3. The molecule has 0 atom stereocenters. The summed E-state index contributed by atoms with van der Waals surface area (Å²) in [6, 6.07) is 1.26. The maximum atomic E-state index is 12.6. The Balaban J connectivity index is 3.60. The highest BCUT2D eigenvalue weighted by Gasteiger charge is 2.37. The van der Waals surface area contributed by atoms with Crippen molar-refractivity contribution in [1.29, 1.82) is 5.26 Å². The maximum Gasteiger partial charge on any atom is 0.418 e. The van der Waals surface area contributed by atoms with Crippen LogP contribution in [0.3, 0.4) is 0 Å². The van der Waals surface area contributed by atoms with E-state index in [1.807, 2.05) is 0 Å². The first-order chi connectivity index (χ1) is 7.82. The van der Waals surface area contributed by atoms with Crippen molar-refractivity contribution >= 4 is 0 Å². The number of rotatable bonds is 2. The van der Waals surface area contributed by atoms with Crippen LogP contribution >= 0.6 is 0 Å². The minimum Gasteiger partial charge on any atom is -0.392 e. The molecule has 0 aliphatic carbocycles. The van der Waals surface area contributed by atoms with E-state index in [0.29, 0.717) is 0 Å². The van der Waals surface area contributed by atoms with E-state index in [2.05, 4.69) is 4.98 Å². The molecule has 0 saturated carbocycles. The van der Waals surface area contributed by atoms with Gasteiger partial charge in [-0.1, -0.05) is 0 Å². The van der Waals surface area contributed by atoms with Crippen LogP contribution in [0.5, 0.6) is 0 Å². The van der Waals surface area contributed by atoms with E-state index >= 15 is 0 Å². The summed E-state index contributed by atoms with van der Waals surface area (Å²) >= 11 is 0. The van der Waals surface area contributed by atoms with Crippen LogP contribution in [-0.2, 0) is 12.8 Å². The van der Waals surface area contributed by atoms with E-state index in [4.69, 9.17) is 10.4 Å². The lowest BCUT2D eigenvalue weighted by Gasteiger charge is -2.15. The first-order valence-corrected chi connectivity index (χ1v) is 4.21. The molecule has 0 unspecified atom stereocenters. The van der Waals surface area contributed by atoms with Crippen molar-refractivity contribution in [2.75, 3.05) is 0 Å². The smallest absolute Gasteiger partial charge is 0.392 e. The summed E-state index contributed by atoms with van der Waals surface area (Å²) in [5, 5.41) is 17.2. The van der Waals surface area contributed by atoms with Crippen LogP contribution in [-0.4, -0.2) is 10.1 Å². The molecule has 1 rings (SSSR count). The molecule has 17 heavy (non-hydrogen) atoms. The Labute approximate surface area is 92.1 Å². The minimum absolute atomic E-state index is 0.260. The minimum atomic E-state index is -4.91. The lowest BCUT2D eigenvalue weighted by molar-refractivity contribution is -0.139. The lowest BCUT2D eigenvalue weighted by Crippen LogP contribution is -2.14. The molecule has 92 valence electrons. The van der Waals surface area contributed by atoms with Crippen molar-refractivity contribution < 1.29 is 27.1 Å². The number of aromatic nitrogens is 1. The van der Waals surface area contributed by atoms with E-state index in [9.17, 15) is 22.0 Å². The number of pyridine rings is 1. The Hall–Kier alpha value is -1.75. The van der Waals surface area contributed by atoms with Crippen molar-refractivity contribution in [3.8, 4) is 6.07 Å². The third-order valence-corrected chi connectivity index (χ3v) is 2.02. The zero-order valence-electron chi connectivity index (χ0n) is 8.09. The Morgan fingerprint density at radius 2 is 2.00 bits per heavy atom. The Morgan fingerprint density at radius 3 is 2.35 bits per heavy atom.